The molecule has 2 aromatic rings. The molecule has 8 heteroatoms. The Morgan fingerprint density at radius 1 is 0.848 bits per heavy atom. The summed E-state index contributed by atoms with van der Waals surface area (Å²) in [5.41, 5.74) is 2.55. The average Bonchev–Trinajstić information content (AvgIpc) is 2.79. The zero-order chi connectivity index (χ0) is 24.4. The molecule has 33 heavy (non-hydrogen) atoms. The summed E-state index contributed by atoms with van der Waals surface area (Å²) in [7, 11) is 7.54. The molecule has 0 saturated heterocycles. The predicted octanol–water partition coefficient (Wildman–Crippen LogP) is 4.53. The molecule has 180 valence electrons. The van der Waals surface area contributed by atoms with Gasteiger partial charge in [-0.3, -0.25) is 4.79 Å². The van der Waals surface area contributed by atoms with Gasteiger partial charge in [0.2, 0.25) is 11.5 Å². The highest BCUT2D eigenvalue weighted by molar-refractivity contribution is 5.88. The number of carbonyl (C=O) groups is 1. The number of fused-ring (bicyclic) bond motifs is 3. The lowest BCUT2D eigenvalue weighted by Gasteiger charge is -2.35. The summed E-state index contributed by atoms with van der Waals surface area (Å²) >= 11 is 0. The van der Waals surface area contributed by atoms with Crippen LogP contribution >= 0.6 is 0 Å². The maximum Gasteiger partial charge on any atom is 0.303 e. The molecule has 0 bridgehead atoms. The number of aromatic hydroxyl groups is 1. The molecule has 0 radical (unpaired) electrons. The van der Waals surface area contributed by atoms with E-state index in [1.807, 2.05) is 13.0 Å². The van der Waals surface area contributed by atoms with E-state index in [-0.39, 0.29) is 23.3 Å². The van der Waals surface area contributed by atoms with Gasteiger partial charge >= 0.3 is 5.97 Å². The number of ether oxygens (including phenoxy) is 6. The van der Waals surface area contributed by atoms with Crippen molar-refractivity contribution in [2.45, 2.75) is 33.3 Å². The molecule has 0 amide bonds. The maximum atomic E-state index is 12.1. The molecule has 3 atom stereocenters. The third kappa shape index (κ3) is 4.10. The largest absolute Gasteiger partial charge is 0.504 e. The molecular formula is C25H32O8. The SMILES string of the molecule is COc1cc2c(c(O)c1OC)-c1c(cc(OC)c(OC)c1OC)C(OC(C)=O)C(C)C(C)C2. The lowest BCUT2D eigenvalue weighted by Crippen LogP contribution is -2.26. The van der Waals surface area contributed by atoms with E-state index < -0.39 is 12.1 Å². The fourth-order valence-electron chi connectivity index (χ4n) is 4.59. The summed E-state index contributed by atoms with van der Waals surface area (Å²) in [4.78, 5) is 12.1. The number of methoxy groups -OCH3 is 5. The lowest BCUT2D eigenvalue weighted by molar-refractivity contribution is -0.150. The molecule has 0 heterocycles. The van der Waals surface area contributed by atoms with Gasteiger partial charge in [-0.05, 0) is 30.0 Å². The van der Waals surface area contributed by atoms with Gasteiger partial charge in [0.25, 0.3) is 0 Å². The van der Waals surface area contributed by atoms with Crippen molar-refractivity contribution in [2.75, 3.05) is 35.5 Å². The third-order valence-electron chi connectivity index (χ3n) is 6.35. The van der Waals surface area contributed by atoms with Gasteiger partial charge in [-0.1, -0.05) is 13.8 Å². The van der Waals surface area contributed by atoms with Gasteiger partial charge in [-0.2, -0.15) is 0 Å². The Balaban J connectivity index is 2.55. The first-order chi connectivity index (χ1) is 15.7. The molecular weight excluding hydrogens is 428 g/mol. The van der Waals surface area contributed by atoms with Gasteiger partial charge < -0.3 is 33.5 Å². The second kappa shape index (κ2) is 9.68. The van der Waals surface area contributed by atoms with Gasteiger partial charge in [-0.25, -0.2) is 0 Å². The second-order valence-corrected chi connectivity index (χ2v) is 8.17. The number of rotatable bonds is 6. The average molecular weight is 461 g/mol. The Hall–Kier alpha value is -3.29. The van der Waals surface area contributed by atoms with Crippen molar-refractivity contribution >= 4 is 5.97 Å². The van der Waals surface area contributed by atoms with Crippen molar-refractivity contribution in [2.24, 2.45) is 11.8 Å². The highest BCUT2D eigenvalue weighted by atomic mass is 16.5. The highest BCUT2D eigenvalue weighted by Crippen LogP contribution is 2.57. The van der Waals surface area contributed by atoms with Crippen molar-refractivity contribution in [3.8, 4) is 45.6 Å². The number of hydrogen-bond acceptors (Lipinski definition) is 8. The first-order valence-electron chi connectivity index (χ1n) is 10.7. The van der Waals surface area contributed by atoms with E-state index in [4.69, 9.17) is 28.4 Å². The van der Waals surface area contributed by atoms with Crippen LogP contribution in [0, 0.1) is 11.8 Å². The van der Waals surface area contributed by atoms with E-state index in [0.29, 0.717) is 46.1 Å². The second-order valence-electron chi connectivity index (χ2n) is 8.17. The van der Waals surface area contributed by atoms with Crippen LogP contribution in [-0.2, 0) is 16.0 Å². The summed E-state index contributed by atoms with van der Waals surface area (Å²) in [5, 5.41) is 11.4. The van der Waals surface area contributed by atoms with Crippen molar-refractivity contribution in [3.05, 3.63) is 23.3 Å². The molecule has 1 aliphatic rings. The van der Waals surface area contributed by atoms with E-state index >= 15 is 0 Å². The molecule has 8 nitrogen and oxygen atoms in total. The van der Waals surface area contributed by atoms with Gasteiger partial charge in [0.05, 0.1) is 35.5 Å². The quantitative estimate of drug-likeness (QED) is 0.629. The monoisotopic (exact) mass is 460 g/mol. The Kier molecular flexibility index (Phi) is 7.15. The number of carbonyl (C=O) groups excluding carboxylic acids is 1. The summed E-state index contributed by atoms with van der Waals surface area (Å²) < 4.78 is 33.8. The maximum absolute atomic E-state index is 12.1. The predicted molar refractivity (Wildman–Crippen MR) is 123 cm³/mol. The summed E-state index contributed by atoms with van der Waals surface area (Å²) in [6, 6.07) is 3.64. The number of phenolic OH excluding ortho intramolecular Hbond substituents is 1. The summed E-state index contributed by atoms with van der Waals surface area (Å²) in [6.07, 6.45) is -0.0130. The minimum Gasteiger partial charge on any atom is -0.504 e. The Bertz CT molecular complexity index is 1050. The minimum absolute atomic E-state index is 0.0566. The van der Waals surface area contributed by atoms with Crippen molar-refractivity contribution in [3.63, 3.8) is 0 Å². The van der Waals surface area contributed by atoms with Crippen molar-refractivity contribution in [1.29, 1.82) is 0 Å². The van der Waals surface area contributed by atoms with Crippen LogP contribution in [0.5, 0.6) is 34.5 Å². The van der Waals surface area contributed by atoms with Crippen molar-refractivity contribution in [1.82, 2.24) is 0 Å². The van der Waals surface area contributed by atoms with Crippen molar-refractivity contribution < 1.29 is 38.3 Å². The molecule has 1 N–H and O–H groups in total. The number of phenols is 1. The van der Waals surface area contributed by atoms with Gasteiger partial charge in [0.1, 0.15) is 6.10 Å². The zero-order valence-electron chi connectivity index (χ0n) is 20.4. The highest BCUT2D eigenvalue weighted by Gasteiger charge is 2.38. The Morgan fingerprint density at radius 3 is 1.94 bits per heavy atom. The van der Waals surface area contributed by atoms with Crippen LogP contribution in [0.1, 0.15) is 38.0 Å². The zero-order valence-corrected chi connectivity index (χ0v) is 20.4. The topological polar surface area (TPSA) is 92.7 Å². The van der Waals surface area contributed by atoms with E-state index in [9.17, 15) is 9.90 Å². The van der Waals surface area contributed by atoms with Crippen LogP contribution in [0.25, 0.3) is 11.1 Å². The molecule has 0 fully saturated rings. The molecule has 1 aliphatic carbocycles. The third-order valence-corrected chi connectivity index (χ3v) is 6.35. The van der Waals surface area contributed by atoms with Gasteiger partial charge in [-0.15, -0.1) is 0 Å². The minimum atomic E-state index is -0.609. The van der Waals surface area contributed by atoms with E-state index in [0.717, 1.165) is 5.56 Å². The number of benzene rings is 2. The molecule has 3 unspecified atom stereocenters. The first kappa shape index (κ1) is 24.4. The van der Waals surface area contributed by atoms with E-state index in [1.165, 1.54) is 42.5 Å². The molecule has 0 aromatic heterocycles. The fraction of sp³-hybridized carbons (Fsp3) is 0.480. The molecule has 0 spiro atoms. The molecule has 2 aromatic carbocycles. The van der Waals surface area contributed by atoms with Crippen LogP contribution in [-0.4, -0.2) is 46.6 Å². The van der Waals surface area contributed by atoms with Crippen LogP contribution in [0.15, 0.2) is 12.1 Å². The standard InChI is InChI=1S/C25H32O8/c1-12-9-15-10-17(28-4)23(30-6)21(27)19(15)20-16(22(13(12)2)33-14(3)26)11-18(29-5)24(31-7)25(20)32-8/h10-13,22,27H,9H2,1-8H3. The van der Waals surface area contributed by atoms with Crippen LogP contribution in [0.4, 0.5) is 0 Å². The van der Waals surface area contributed by atoms with Crippen LogP contribution in [0.2, 0.25) is 0 Å². The molecule has 0 saturated carbocycles. The number of hydrogen-bond donors (Lipinski definition) is 1. The molecule has 3 rings (SSSR count). The van der Waals surface area contributed by atoms with Crippen LogP contribution in [0.3, 0.4) is 0 Å². The summed E-state index contributed by atoms with van der Waals surface area (Å²) in [6.45, 7) is 5.51. The Labute approximate surface area is 194 Å². The van der Waals surface area contributed by atoms with Gasteiger partial charge in [0, 0.05) is 29.5 Å². The Morgan fingerprint density at radius 2 is 1.42 bits per heavy atom. The first-order valence-corrected chi connectivity index (χ1v) is 10.7. The fourth-order valence-corrected chi connectivity index (χ4v) is 4.59. The molecule has 0 aliphatic heterocycles. The van der Waals surface area contributed by atoms with E-state index in [2.05, 4.69) is 6.92 Å². The smallest absolute Gasteiger partial charge is 0.303 e. The normalized spacial score (nSPS) is 19.3. The lowest BCUT2D eigenvalue weighted by atomic mass is 9.76. The summed E-state index contributed by atoms with van der Waals surface area (Å²) in [5.74, 6) is 1.30. The van der Waals surface area contributed by atoms with Crippen LogP contribution < -0.4 is 23.7 Å². The van der Waals surface area contributed by atoms with Gasteiger partial charge in [0.15, 0.2) is 23.0 Å². The van der Waals surface area contributed by atoms with E-state index in [1.54, 1.807) is 6.07 Å². The number of esters is 1.